The van der Waals surface area contributed by atoms with E-state index in [0.29, 0.717) is 17.2 Å². The number of hydrogen-bond acceptors (Lipinski definition) is 4. The van der Waals surface area contributed by atoms with E-state index >= 15 is 0 Å². The summed E-state index contributed by atoms with van der Waals surface area (Å²) in [6.45, 7) is 0. The summed E-state index contributed by atoms with van der Waals surface area (Å²) >= 11 is 0. The molecule has 0 saturated carbocycles. The van der Waals surface area contributed by atoms with Gasteiger partial charge >= 0.3 is 0 Å². The standard InChI is InChI=1S/C30H25N3O3/c1-35-29(22-11-6-3-7-12-22)30(34)31-23-13-8-14-24(19-23)36-25-16-17-26-27(32-33-28(26)20-25)18-15-21-9-4-2-5-10-21/h2-20,29H,1H3,(H,31,34)(H,32,33)/b18-15+/t29-/m0/s1. The summed E-state index contributed by atoms with van der Waals surface area (Å²) in [6.07, 6.45) is 3.32. The first-order valence-corrected chi connectivity index (χ1v) is 11.6. The van der Waals surface area contributed by atoms with E-state index in [1.807, 2.05) is 109 Å². The van der Waals surface area contributed by atoms with Gasteiger partial charge in [-0.15, -0.1) is 0 Å². The maximum atomic E-state index is 12.8. The topological polar surface area (TPSA) is 76.2 Å². The van der Waals surface area contributed by atoms with E-state index in [-0.39, 0.29) is 5.91 Å². The maximum absolute atomic E-state index is 12.8. The smallest absolute Gasteiger partial charge is 0.258 e. The molecule has 6 nitrogen and oxygen atoms in total. The van der Waals surface area contributed by atoms with E-state index in [0.717, 1.165) is 27.7 Å². The number of carbonyl (C=O) groups excluding carboxylic acids is 1. The Bertz CT molecular complexity index is 1490. The van der Waals surface area contributed by atoms with Crippen molar-refractivity contribution < 1.29 is 14.3 Å². The number of aromatic nitrogens is 2. The van der Waals surface area contributed by atoms with Crippen LogP contribution in [-0.4, -0.2) is 23.2 Å². The molecule has 0 fully saturated rings. The summed E-state index contributed by atoms with van der Waals surface area (Å²) in [7, 11) is 1.52. The Morgan fingerprint density at radius 1 is 0.861 bits per heavy atom. The lowest BCUT2D eigenvalue weighted by atomic mass is 10.1. The fourth-order valence-electron chi connectivity index (χ4n) is 3.95. The van der Waals surface area contributed by atoms with E-state index in [4.69, 9.17) is 9.47 Å². The van der Waals surface area contributed by atoms with Crippen molar-refractivity contribution >= 4 is 34.6 Å². The zero-order valence-electron chi connectivity index (χ0n) is 19.7. The van der Waals surface area contributed by atoms with Crippen molar-refractivity contribution in [3.8, 4) is 11.5 Å². The monoisotopic (exact) mass is 475 g/mol. The summed E-state index contributed by atoms with van der Waals surface area (Å²) in [5, 5.41) is 11.4. The number of methoxy groups -OCH3 is 1. The number of H-pyrrole nitrogens is 1. The highest BCUT2D eigenvalue weighted by atomic mass is 16.5. The molecular weight excluding hydrogens is 450 g/mol. The molecule has 4 aromatic carbocycles. The quantitative estimate of drug-likeness (QED) is 0.257. The van der Waals surface area contributed by atoms with Crippen LogP contribution in [0.3, 0.4) is 0 Å². The molecule has 0 aliphatic heterocycles. The zero-order valence-corrected chi connectivity index (χ0v) is 19.7. The lowest BCUT2D eigenvalue weighted by Crippen LogP contribution is -2.22. The Hall–Kier alpha value is -4.68. The number of anilines is 1. The number of aromatic amines is 1. The van der Waals surface area contributed by atoms with Crippen LogP contribution in [0.5, 0.6) is 11.5 Å². The highest BCUT2D eigenvalue weighted by molar-refractivity contribution is 5.95. The van der Waals surface area contributed by atoms with Gasteiger partial charge in [0, 0.05) is 30.3 Å². The van der Waals surface area contributed by atoms with Crippen molar-refractivity contribution in [1.29, 1.82) is 0 Å². The van der Waals surface area contributed by atoms with Crippen molar-refractivity contribution in [2.75, 3.05) is 12.4 Å². The third kappa shape index (κ3) is 5.35. The highest BCUT2D eigenvalue weighted by Gasteiger charge is 2.20. The van der Waals surface area contributed by atoms with Gasteiger partial charge in [-0.3, -0.25) is 9.89 Å². The number of fused-ring (bicyclic) bond motifs is 1. The van der Waals surface area contributed by atoms with Crippen molar-refractivity contribution in [3.63, 3.8) is 0 Å². The van der Waals surface area contributed by atoms with Crippen LogP contribution in [0.15, 0.2) is 103 Å². The van der Waals surface area contributed by atoms with Crippen LogP contribution in [0, 0.1) is 0 Å². The van der Waals surface area contributed by atoms with E-state index in [1.54, 1.807) is 6.07 Å². The molecule has 0 spiro atoms. The Labute approximate surface area is 209 Å². The van der Waals surface area contributed by atoms with Crippen molar-refractivity contribution in [3.05, 3.63) is 120 Å². The zero-order chi connectivity index (χ0) is 24.7. The van der Waals surface area contributed by atoms with Crippen LogP contribution in [0.2, 0.25) is 0 Å². The third-order valence-electron chi connectivity index (χ3n) is 5.71. The summed E-state index contributed by atoms with van der Waals surface area (Å²) in [6, 6.07) is 32.5. The fraction of sp³-hybridized carbons (Fsp3) is 0.0667. The molecular formula is C30H25N3O3. The minimum absolute atomic E-state index is 0.254. The lowest BCUT2D eigenvalue weighted by molar-refractivity contribution is -0.126. The molecule has 1 aromatic heterocycles. The molecule has 36 heavy (non-hydrogen) atoms. The highest BCUT2D eigenvalue weighted by Crippen LogP contribution is 2.29. The van der Waals surface area contributed by atoms with Crippen LogP contribution in [0.1, 0.15) is 22.9 Å². The van der Waals surface area contributed by atoms with Gasteiger partial charge in [-0.2, -0.15) is 5.10 Å². The van der Waals surface area contributed by atoms with Crippen LogP contribution >= 0.6 is 0 Å². The Kier molecular flexibility index (Phi) is 6.87. The molecule has 0 bridgehead atoms. The molecule has 5 rings (SSSR count). The van der Waals surface area contributed by atoms with Crippen molar-refractivity contribution in [2.24, 2.45) is 0 Å². The number of carbonyl (C=O) groups is 1. The maximum Gasteiger partial charge on any atom is 0.258 e. The molecule has 1 amide bonds. The SMILES string of the molecule is CO[C@H](C(=O)Nc1cccc(Oc2ccc3c(/C=C/c4ccccc4)n[nH]c3c2)c1)c1ccccc1. The van der Waals surface area contributed by atoms with Gasteiger partial charge in [-0.1, -0.05) is 72.8 Å². The first kappa shape index (κ1) is 23.1. The number of benzene rings is 4. The van der Waals surface area contributed by atoms with Crippen molar-refractivity contribution in [2.45, 2.75) is 6.10 Å². The molecule has 1 atom stereocenters. The van der Waals surface area contributed by atoms with Gasteiger partial charge in [-0.25, -0.2) is 0 Å². The van der Waals surface area contributed by atoms with Crippen LogP contribution in [0.25, 0.3) is 23.1 Å². The van der Waals surface area contributed by atoms with E-state index in [9.17, 15) is 4.79 Å². The third-order valence-corrected chi connectivity index (χ3v) is 5.71. The average molecular weight is 476 g/mol. The fourth-order valence-corrected chi connectivity index (χ4v) is 3.95. The Balaban J connectivity index is 1.29. The Morgan fingerprint density at radius 2 is 1.61 bits per heavy atom. The minimum atomic E-state index is -0.705. The van der Waals surface area contributed by atoms with E-state index in [1.165, 1.54) is 7.11 Å². The van der Waals surface area contributed by atoms with Gasteiger partial charge in [0.25, 0.3) is 5.91 Å². The van der Waals surface area contributed by atoms with E-state index in [2.05, 4.69) is 15.5 Å². The number of amides is 1. The molecule has 6 heteroatoms. The number of nitrogens with one attached hydrogen (secondary N) is 2. The summed E-state index contributed by atoms with van der Waals surface area (Å²) in [5.41, 5.74) is 4.25. The first-order valence-electron chi connectivity index (χ1n) is 11.6. The predicted octanol–water partition coefficient (Wildman–Crippen LogP) is 6.85. The second-order valence-corrected chi connectivity index (χ2v) is 8.21. The molecule has 5 aromatic rings. The predicted molar refractivity (Wildman–Crippen MR) is 143 cm³/mol. The summed E-state index contributed by atoms with van der Waals surface area (Å²) in [5.74, 6) is 1.01. The van der Waals surface area contributed by atoms with Gasteiger partial charge in [0.2, 0.25) is 0 Å². The van der Waals surface area contributed by atoms with Gasteiger partial charge < -0.3 is 14.8 Å². The number of ether oxygens (including phenoxy) is 2. The van der Waals surface area contributed by atoms with Crippen LogP contribution < -0.4 is 10.1 Å². The number of rotatable bonds is 8. The van der Waals surface area contributed by atoms with Gasteiger partial charge in [0.15, 0.2) is 6.10 Å². The number of nitrogens with zero attached hydrogens (tertiary/aromatic N) is 1. The molecule has 0 aliphatic rings. The van der Waals surface area contributed by atoms with E-state index < -0.39 is 6.10 Å². The lowest BCUT2D eigenvalue weighted by Gasteiger charge is -2.16. The van der Waals surface area contributed by atoms with Crippen LogP contribution in [-0.2, 0) is 9.53 Å². The average Bonchev–Trinajstić information content (AvgIpc) is 3.31. The second-order valence-electron chi connectivity index (χ2n) is 8.21. The molecule has 0 saturated heterocycles. The molecule has 0 radical (unpaired) electrons. The van der Waals surface area contributed by atoms with Gasteiger partial charge in [0.05, 0.1) is 11.2 Å². The van der Waals surface area contributed by atoms with Gasteiger partial charge in [-0.05, 0) is 41.5 Å². The van der Waals surface area contributed by atoms with Crippen molar-refractivity contribution in [1.82, 2.24) is 10.2 Å². The Morgan fingerprint density at radius 3 is 2.39 bits per heavy atom. The first-order chi connectivity index (χ1) is 17.7. The molecule has 2 N–H and O–H groups in total. The largest absolute Gasteiger partial charge is 0.457 e. The molecule has 0 unspecified atom stereocenters. The van der Waals surface area contributed by atoms with Gasteiger partial charge in [0.1, 0.15) is 11.5 Å². The summed E-state index contributed by atoms with van der Waals surface area (Å²) < 4.78 is 11.5. The molecule has 1 heterocycles. The second kappa shape index (κ2) is 10.7. The molecule has 178 valence electrons. The molecule has 0 aliphatic carbocycles. The normalized spacial score (nSPS) is 12.0. The minimum Gasteiger partial charge on any atom is -0.457 e. The number of hydrogen-bond donors (Lipinski definition) is 2. The van der Waals surface area contributed by atoms with Crippen LogP contribution in [0.4, 0.5) is 5.69 Å². The summed E-state index contributed by atoms with van der Waals surface area (Å²) in [4.78, 5) is 12.8.